The molecule has 0 N–H and O–H groups in total. The monoisotopic (exact) mass is 345 g/mol. The number of rotatable bonds is 5. The van der Waals surface area contributed by atoms with E-state index in [0.717, 1.165) is 57.9 Å². The van der Waals surface area contributed by atoms with Gasteiger partial charge in [-0.3, -0.25) is 9.69 Å². The largest absolute Gasteiger partial charge is 0.492 e. The molecule has 0 radical (unpaired) electrons. The maximum atomic E-state index is 12.7. The van der Waals surface area contributed by atoms with Crippen molar-refractivity contribution in [3.05, 3.63) is 24.3 Å². The van der Waals surface area contributed by atoms with Crippen molar-refractivity contribution in [2.45, 2.75) is 39.2 Å². The van der Waals surface area contributed by atoms with Crippen LogP contribution in [0.4, 0.5) is 5.69 Å². The molecule has 5 heteroatoms. The molecule has 138 valence electrons. The standard InChI is InChI=1S/C20H31N3O2/c1-3-25-19-10-6-5-9-18(19)22-15-13-21(14-16-22)17(2)20(24)23-11-7-4-8-12-23/h5-6,9-10,17H,3-4,7-8,11-16H2,1-2H3. The average molecular weight is 345 g/mol. The van der Waals surface area contributed by atoms with E-state index >= 15 is 0 Å². The summed E-state index contributed by atoms with van der Waals surface area (Å²) in [5.41, 5.74) is 1.17. The summed E-state index contributed by atoms with van der Waals surface area (Å²) in [5.74, 6) is 1.26. The van der Waals surface area contributed by atoms with Gasteiger partial charge in [0, 0.05) is 39.3 Å². The summed E-state index contributed by atoms with van der Waals surface area (Å²) < 4.78 is 5.77. The smallest absolute Gasteiger partial charge is 0.239 e. The normalized spacial score (nSPS) is 20.4. The molecule has 2 aliphatic rings. The quantitative estimate of drug-likeness (QED) is 0.822. The number of piperidine rings is 1. The first-order valence-electron chi connectivity index (χ1n) is 9.70. The van der Waals surface area contributed by atoms with E-state index in [-0.39, 0.29) is 6.04 Å². The second kappa shape index (κ2) is 8.56. The Balaban J connectivity index is 1.57. The molecule has 0 saturated carbocycles. The molecule has 0 spiro atoms. The van der Waals surface area contributed by atoms with E-state index in [9.17, 15) is 4.79 Å². The topological polar surface area (TPSA) is 36.0 Å². The third kappa shape index (κ3) is 4.27. The van der Waals surface area contributed by atoms with Crippen molar-refractivity contribution in [1.29, 1.82) is 0 Å². The Labute approximate surface area is 151 Å². The number of benzene rings is 1. The number of nitrogens with zero attached hydrogens (tertiary/aromatic N) is 3. The van der Waals surface area contributed by atoms with Gasteiger partial charge in [0.05, 0.1) is 18.3 Å². The van der Waals surface area contributed by atoms with Gasteiger partial charge in [-0.2, -0.15) is 0 Å². The van der Waals surface area contributed by atoms with Gasteiger partial charge >= 0.3 is 0 Å². The molecule has 3 rings (SSSR count). The number of likely N-dealkylation sites (tertiary alicyclic amines) is 1. The van der Waals surface area contributed by atoms with Gasteiger partial charge in [-0.05, 0) is 45.2 Å². The van der Waals surface area contributed by atoms with Crippen LogP contribution in [0.15, 0.2) is 24.3 Å². The molecule has 2 heterocycles. The fourth-order valence-corrected chi connectivity index (χ4v) is 3.88. The van der Waals surface area contributed by atoms with Crippen LogP contribution in [-0.4, -0.2) is 67.6 Å². The zero-order valence-electron chi connectivity index (χ0n) is 15.6. The van der Waals surface area contributed by atoms with Crippen LogP contribution in [0.25, 0.3) is 0 Å². The number of carbonyl (C=O) groups is 1. The van der Waals surface area contributed by atoms with Crippen LogP contribution >= 0.6 is 0 Å². The molecule has 0 aromatic heterocycles. The van der Waals surface area contributed by atoms with Crippen molar-refractivity contribution in [3.8, 4) is 5.75 Å². The maximum Gasteiger partial charge on any atom is 0.239 e. The van der Waals surface area contributed by atoms with Gasteiger partial charge in [0.25, 0.3) is 0 Å². The summed E-state index contributed by atoms with van der Waals surface area (Å²) >= 11 is 0. The van der Waals surface area contributed by atoms with Crippen molar-refractivity contribution in [2.24, 2.45) is 0 Å². The molecule has 1 aromatic rings. The summed E-state index contributed by atoms with van der Waals surface area (Å²) in [4.78, 5) is 19.5. The van der Waals surface area contributed by atoms with E-state index in [1.54, 1.807) is 0 Å². The van der Waals surface area contributed by atoms with E-state index in [1.807, 2.05) is 19.1 Å². The highest BCUT2D eigenvalue weighted by atomic mass is 16.5. The lowest BCUT2D eigenvalue weighted by atomic mass is 10.1. The van der Waals surface area contributed by atoms with Crippen LogP contribution in [-0.2, 0) is 4.79 Å². The number of carbonyl (C=O) groups excluding carboxylic acids is 1. The molecule has 1 atom stereocenters. The highest BCUT2D eigenvalue weighted by molar-refractivity contribution is 5.81. The molecule has 1 aromatic carbocycles. The second-order valence-corrected chi connectivity index (χ2v) is 6.99. The van der Waals surface area contributed by atoms with Gasteiger partial charge in [0.2, 0.25) is 5.91 Å². The first-order chi connectivity index (χ1) is 12.2. The Kier molecular flexibility index (Phi) is 6.19. The third-order valence-corrected chi connectivity index (χ3v) is 5.39. The summed E-state index contributed by atoms with van der Waals surface area (Å²) in [6.45, 7) is 10.3. The molecule has 25 heavy (non-hydrogen) atoms. The van der Waals surface area contributed by atoms with E-state index < -0.39 is 0 Å². The van der Waals surface area contributed by atoms with Crippen LogP contribution < -0.4 is 9.64 Å². The zero-order chi connectivity index (χ0) is 17.6. The average Bonchev–Trinajstić information content (AvgIpc) is 2.68. The van der Waals surface area contributed by atoms with Crippen molar-refractivity contribution < 1.29 is 9.53 Å². The third-order valence-electron chi connectivity index (χ3n) is 5.39. The number of para-hydroxylation sites is 2. The second-order valence-electron chi connectivity index (χ2n) is 6.99. The van der Waals surface area contributed by atoms with Crippen molar-refractivity contribution in [3.63, 3.8) is 0 Å². The minimum atomic E-state index is -0.0117. The fraction of sp³-hybridized carbons (Fsp3) is 0.650. The fourth-order valence-electron chi connectivity index (χ4n) is 3.88. The van der Waals surface area contributed by atoms with Crippen LogP contribution in [0.1, 0.15) is 33.1 Å². The lowest BCUT2D eigenvalue weighted by Crippen LogP contribution is -2.55. The number of ether oxygens (including phenoxy) is 1. The molecule has 2 aliphatic heterocycles. The minimum Gasteiger partial charge on any atom is -0.492 e. The van der Waals surface area contributed by atoms with Crippen molar-refractivity contribution in [2.75, 3.05) is 50.8 Å². The van der Waals surface area contributed by atoms with Crippen molar-refractivity contribution in [1.82, 2.24) is 9.80 Å². The Bertz CT molecular complexity index is 564. The van der Waals surface area contributed by atoms with Crippen LogP contribution in [0.2, 0.25) is 0 Å². The van der Waals surface area contributed by atoms with Gasteiger partial charge in [-0.1, -0.05) is 12.1 Å². The van der Waals surface area contributed by atoms with Crippen LogP contribution in [0.5, 0.6) is 5.75 Å². The van der Waals surface area contributed by atoms with E-state index in [1.165, 1.54) is 12.1 Å². The number of anilines is 1. The Morgan fingerprint density at radius 3 is 2.40 bits per heavy atom. The molecule has 0 bridgehead atoms. The SMILES string of the molecule is CCOc1ccccc1N1CCN(C(C)C(=O)N2CCCCC2)CC1. The highest BCUT2D eigenvalue weighted by Crippen LogP contribution is 2.29. The first kappa shape index (κ1) is 18.1. The van der Waals surface area contributed by atoms with Gasteiger partial charge in [-0.25, -0.2) is 0 Å². The lowest BCUT2D eigenvalue weighted by Gasteiger charge is -2.40. The molecule has 1 amide bonds. The number of hydrogen-bond donors (Lipinski definition) is 0. The Morgan fingerprint density at radius 2 is 1.72 bits per heavy atom. The van der Waals surface area contributed by atoms with Gasteiger partial charge in [0.15, 0.2) is 0 Å². The number of hydrogen-bond acceptors (Lipinski definition) is 4. The zero-order valence-corrected chi connectivity index (χ0v) is 15.6. The molecular weight excluding hydrogens is 314 g/mol. The number of piperazine rings is 1. The first-order valence-corrected chi connectivity index (χ1v) is 9.70. The van der Waals surface area contributed by atoms with E-state index in [2.05, 4.69) is 33.8 Å². The molecule has 2 saturated heterocycles. The summed E-state index contributed by atoms with van der Waals surface area (Å²) in [5, 5.41) is 0. The molecule has 0 aliphatic carbocycles. The van der Waals surface area contributed by atoms with Crippen LogP contribution in [0, 0.1) is 0 Å². The summed E-state index contributed by atoms with van der Waals surface area (Å²) in [6.07, 6.45) is 3.57. The van der Waals surface area contributed by atoms with Gasteiger partial charge in [-0.15, -0.1) is 0 Å². The number of amides is 1. The van der Waals surface area contributed by atoms with Gasteiger partial charge in [0.1, 0.15) is 5.75 Å². The predicted octanol–water partition coefficient (Wildman–Crippen LogP) is 2.61. The Morgan fingerprint density at radius 1 is 1.04 bits per heavy atom. The van der Waals surface area contributed by atoms with E-state index in [4.69, 9.17) is 4.74 Å². The molecule has 1 unspecified atom stereocenters. The Hall–Kier alpha value is -1.75. The highest BCUT2D eigenvalue weighted by Gasteiger charge is 2.29. The minimum absolute atomic E-state index is 0.0117. The summed E-state index contributed by atoms with van der Waals surface area (Å²) in [6, 6.07) is 8.23. The lowest BCUT2D eigenvalue weighted by molar-refractivity contribution is -0.137. The maximum absolute atomic E-state index is 12.7. The molecule has 5 nitrogen and oxygen atoms in total. The summed E-state index contributed by atoms with van der Waals surface area (Å²) in [7, 11) is 0. The molecule has 2 fully saturated rings. The van der Waals surface area contributed by atoms with E-state index in [0.29, 0.717) is 12.5 Å². The van der Waals surface area contributed by atoms with Crippen molar-refractivity contribution >= 4 is 11.6 Å². The molecular formula is C20H31N3O2. The van der Waals surface area contributed by atoms with Crippen LogP contribution in [0.3, 0.4) is 0 Å². The van der Waals surface area contributed by atoms with Gasteiger partial charge < -0.3 is 14.5 Å². The predicted molar refractivity (Wildman–Crippen MR) is 101 cm³/mol.